The van der Waals surface area contributed by atoms with E-state index in [2.05, 4.69) is 43.1 Å². The molecule has 0 radical (unpaired) electrons. The summed E-state index contributed by atoms with van der Waals surface area (Å²) in [7, 11) is 3.87. The molecule has 0 bridgehead atoms. The number of aryl methyl sites for hydroxylation is 1. The van der Waals surface area contributed by atoms with Crippen molar-refractivity contribution in [2.24, 2.45) is 5.73 Å². The first-order valence-electron chi connectivity index (χ1n) is 6.71. The Morgan fingerprint density at radius 1 is 1.28 bits per heavy atom. The molecule has 0 aromatic heterocycles. The van der Waals surface area contributed by atoms with Crippen LogP contribution in [0.2, 0.25) is 0 Å². The highest BCUT2D eigenvalue weighted by molar-refractivity contribution is 5.25. The zero-order valence-electron chi connectivity index (χ0n) is 11.9. The van der Waals surface area contributed by atoms with Crippen LogP contribution in [0.15, 0.2) is 24.3 Å². The molecule has 1 unspecified atom stereocenters. The molecule has 0 amide bonds. The number of hydrogen-bond acceptors (Lipinski definition) is 3. The number of nitrogens with zero attached hydrogens (tertiary/aromatic N) is 1. The van der Waals surface area contributed by atoms with Crippen LogP contribution in [0, 0.1) is 0 Å². The van der Waals surface area contributed by atoms with Crippen LogP contribution >= 0.6 is 0 Å². The number of ether oxygens (including phenoxy) is 1. The van der Waals surface area contributed by atoms with Gasteiger partial charge in [0, 0.05) is 32.8 Å². The second kappa shape index (κ2) is 8.25. The minimum atomic E-state index is 0.299. The third-order valence-corrected chi connectivity index (χ3v) is 3.39. The number of rotatable bonds is 8. The molecule has 2 N–H and O–H groups in total. The molecule has 0 spiro atoms. The molecule has 1 rings (SSSR count). The molecule has 1 aromatic rings. The van der Waals surface area contributed by atoms with Gasteiger partial charge < -0.3 is 10.5 Å². The van der Waals surface area contributed by atoms with E-state index >= 15 is 0 Å². The van der Waals surface area contributed by atoms with E-state index < -0.39 is 0 Å². The Morgan fingerprint density at radius 2 is 1.94 bits per heavy atom. The molecule has 1 aromatic carbocycles. The van der Waals surface area contributed by atoms with Crippen molar-refractivity contribution in [2.75, 3.05) is 33.9 Å². The van der Waals surface area contributed by atoms with Crippen molar-refractivity contribution in [3.63, 3.8) is 0 Å². The third kappa shape index (κ3) is 4.41. The van der Waals surface area contributed by atoms with Crippen LogP contribution in [-0.2, 0) is 11.2 Å². The molecule has 0 aliphatic rings. The summed E-state index contributed by atoms with van der Waals surface area (Å²) in [6.45, 7) is 4.63. The summed E-state index contributed by atoms with van der Waals surface area (Å²) in [5.41, 5.74) is 8.58. The summed E-state index contributed by atoms with van der Waals surface area (Å²) < 4.78 is 5.08. The van der Waals surface area contributed by atoms with E-state index in [9.17, 15) is 0 Å². The van der Waals surface area contributed by atoms with Gasteiger partial charge in [0.1, 0.15) is 0 Å². The molecule has 3 nitrogen and oxygen atoms in total. The predicted octanol–water partition coefficient (Wildman–Crippen LogP) is 2.22. The molecule has 18 heavy (non-hydrogen) atoms. The molecular weight excluding hydrogens is 224 g/mol. The van der Waals surface area contributed by atoms with Gasteiger partial charge in [-0.15, -0.1) is 0 Å². The summed E-state index contributed by atoms with van der Waals surface area (Å²) in [5.74, 6) is 0. The molecule has 3 heteroatoms. The Kier molecular flexibility index (Phi) is 6.94. The lowest BCUT2D eigenvalue weighted by molar-refractivity contribution is 0.166. The van der Waals surface area contributed by atoms with Gasteiger partial charge in [0.15, 0.2) is 0 Å². The number of benzene rings is 1. The smallest absolute Gasteiger partial charge is 0.0474 e. The molecule has 102 valence electrons. The Labute approximate surface area is 111 Å². The maximum absolute atomic E-state index is 5.91. The maximum Gasteiger partial charge on any atom is 0.0474 e. The van der Waals surface area contributed by atoms with E-state index in [4.69, 9.17) is 10.5 Å². The lowest BCUT2D eigenvalue weighted by Crippen LogP contribution is -2.31. The van der Waals surface area contributed by atoms with Gasteiger partial charge in [0.2, 0.25) is 0 Å². The summed E-state index contributed by atoms with van der Waals surface area (Å²) >= 11 is 0. The van der Waals surface area contributed by atoms with Gasteiger partial charge in [-0.2, -0.15) is 0 Å². The SMILES string of the molecule is CCc1ccc(C(CN)N(C)CCCOC)cc1. The van der Waals surface area contributed by atoms with Gasteiger partial charge in [-0.1, -0.05) is 31.2 Å². The average Bonchev–Trinajstić information content (AvgIpc) is 2.41. The lowest BCUT2D eigenvalue weighted by atomic mass is 10.0. The Balaban J connectivity index is 2.62. The van der Waals surface area contributed by atoms with E-state index in [1.54, 1.807) is 7.11 Å². The van der Waals surface area contributed by atoms with Crippen LogP contribution in [-0.4, -0.2) is 38.8 Å². The van der Waals surface area contributed by atoms with Crippen LogP contribution in [0.3, 0.4) is 0 Å². The first kappa shape index (κ1) is 15.2. The Bertz CT molecular complexity index is 324. The van der Waals surface area contributed by atoms with Gasteiger partial charge in [-0.05, 0) is 31.0 Å². The van der Waals surface area contributed by atoms with Gasteiger partial charge >= 0.3 is 0 Å². The van der Waals surface area contributed by atoms with Gasteiger partial charge in [0.05, 0.1) is 0 Å². The second-order valence-electron chi connectivity index (χ2n) is 4.67. The Morgan fingerprint density at radius 3 is 2.44 bits per heavy atom. The van der Waals surface area contributed by atoms with Crippen molar-refractivity contribution in [1.82, 2.24) is 4.90 Å². The number of methoxy groups -OCH3 is 1. The van der Waals surface area contributed by atoms with Crippen molar-refractivity contribution in [2.45, 2.75) is 25.8 Å². The highest BCUT2D eigenvalue weighted by Crippen LogP contribution is 2.19. The summed E-state index contributed by atoms with van der Waals surface area (Å²) in [6.07, 6.45) is 2.12. The number of likely N-dealkylation sites (N-methyl/N-ethyl adjacent to an activating group) is 1. The van der Waals surface area contributed by atoms with Crippen LogP contribution in [0.25, 0.3) is 0 Å². The highest BCUT2D eigenvalue weighted by atomic mass is 16.5. The fraction of sp³-hybridized carbons (Fsp3) is 0.600. The second-order valence-corrected chi connectivity index (χ2v) is 4.67. The largest absolute Gasteiger partial charge is 0.385 e. The fourth-order valence-electron chi connectivity index (χ4n) is 2.16. The molecule has 0 saturated heterocycles. The average molecular weight is 250 g/mol. The first-order chi connectivity index (χ1) is 8.72. The molecule has 1 atom stereocenters. The van der Waals surface area contributed by atoms with Gasteiger partial charge in [0.25, 0.3) is 0 Å². The van der Waals surface area contributed by atoms with E-state index in [1.165, 1.54) is 11.1 Å². The summed E-state index contributed by atoms with van der Waals surface area (Å²) in [6, 6.07) is 9.08. The number of nitrogens with two attached hydrogens (primary N) is 1. The van der Waals surface area contributed by atoms with Crippen LogP contribution in [0.1, 0.15) is 30.5 Å². The highest BCUT2D eigenvalue weighted by Gasteiger charge is 2.14. The van der Waals surface area contributed by atoms with E-state index in [0.29, 0.717) is 12.6 Å². The molecule has 0 fully saturated rings. The fourth-order valence-corrected chi connectivity index (χ4v) is 2.16. The number of hydrogen-bond donors (Lipinski definition) is 1. The topological polar surface area (TPSA) is 38.5 Å². The Hall–Kier alpha value is -0.900. The van der Waals surface area contributed by atoms with Crippen molar-refractivity contribution in [1.29, 1.82) is 0 Å². The van der Waals surface area contributed by atoms with Crippen LogP contribution in [0.5, 0.6) is 0 Å². The molecular formula is C15H26N2O. The molecule has 0 aliphatic carbocycles. The first-order valence-corrected chi connectivity index (χ1v) is 6.71. The quantitative estimate of drug-likeness (QED) is 0.719. The van der Waals surface area contributed by atoms with E-state index in [-0.39, 0.29) is 0 Å². The monoisotopic (exact) mass is 250 g/mol. The van der Waals surface area contributed by atoms with Crippen molar-refractivity contribution >= 4 is 0 Å². The minimum absolute atomic E-state index is 0.299. The zero-order chi connectivity index (χ0) is 13.4. The molecule has 0 aliphatic heterocycles. The zero-order valence-corrected chi connectivity index (χ0v) is 11.9. The molecule has 0 saturated carbocycles. The lowest BCUT2D eigenvalue weighted by Gasteiger charge is -2.27. The van der Waals surface area contributed by atoms with Gasteiger partial charge in [-0.3, -0.25) is 4.90 Å². The maximum atomic E-state index is 5.91. The standard InChI is InChI=1S/C15H26N2O/c1-4-13-6-8-14(9-7-13)15(12-16)17(2)10-5-11-18-3/h6-9,15H,4-5,10-12,16H2,1-3H3. The van der Waals surface area contributed by atoms with Crippen molar-refractivity contribution in [3.8, 4) is 0 Å². The molecule has 0 heterocycles. The predicted molar refractivity (Wildman–Crippen MR) is 76.7 cm³/mol. The van der Waals surface area contributed by atoms with Crippen molar-refractivity contribution < 1.29 is 4.74 Å². The summed E-state index contributed by atoms with van der Waals surface area (Å²) in [5, 5.41) is 0. The minimum Gasteiger partial charge on any atom is -0.385 e. The van der Waals surface area contributed by atoms with Crippen LogP contribution in [0.4, 0.5) is 0 Å². The van der Waals surface area contributed by atoms with Crippen LogP contribution < -0.4 is 5.73 Å². The normalized spacial score (nSPS) is 12.9. The third-order valence-electron chi connectivity index (χ3n) is 3.39. The van der Waals surface area contributed by atoms with E-state index in [1.807, 2.05) is 0 Å². The summed E-state index contributed by atoms with van der Waals surface area (Å²) in [4.78, 5) is 2.31. The van der Waals surface area contributed by atoms with Crippen molar-refractivity contribution in [3.05, 3.63) is 35.4 Å². The van der Waals surface area contributed by atoms with Gasteiger partial charge in [-0.25, -0.2) is 0 Å². The van der Waals surface area contributed by atoms with E-state index in [0.717, 1.165) is 26.0 Å².